The molecule has 94 valence electrons. The minimum atomic E-state index is -0.429. The smallest absolute Gasteiger partial charge is 0.241 e. The molecule has 3 N–H and O–H groups in total. The van der Waals surface area contributed by atoms with Crippen LogP contribution in [0.15, 0.2) is 18.2 Å². The van der Waals surface area contributed by atoms with E-state index < -0.39 is 6.04 Å². The molecule has 0 fully saturated rings. The summed E-state index contributed by atoms with van der Waals surface area (Å²) >= 11 is 3.95. The average Bonchev–Trinajstić information content (AvgIpc) is 2.30. The first-order chi connectivity index (χ1) is 8.04. The van der Waals surface area contributed by atoms with Crippen molar-refractivity contribution in [2.45, 2.75) is 19.4 Å². The van der Waals surface area contributed by atoms with Crippen LogP contribution < -0.4 is 11.1 Å². The van der Waals surface area contributed by atoms with Crippen LogP contribution in [0.25, 0.3) is 0 Å². The maximum Gasteiger partial charge on any atom is 0.241 e. The molecule has 0 spiro atoms. The number of thioether (sulfide) groups is 1. The number of anilines is 1. The van der Waals surface area contributed by atoms with Crippen LogP contribution >= 0.6 is 34.4 Å². The van der Waals surface area contributed by atoms with Crippen LogP contribution in [-0.2, 0) is 4.79 Å². The molecule has 0 aliphatic heterocycles. The van der Waals surface area contributed by atoms with Crippen molar-refractivity contribution < 1.29 is 4.79 Å². The molecule has 0 heterocycles. The number of benzene rings is 1. The van der Waals surface area contributed by atoms with Gasteiger partial charge in [0, 0.05) is 9.26 Å². The van der Waals surface area contributed by atoms with Crippen LogP contribution in [-0.4, -0.2) is 24.0 Å². The fourth-order valence-corrected chi connectivity index (χ4v) is 2.29. The Hall–Kier alpha value is -0.270. The van der Waals surface area contributed by atoms with E-state index in [2.05, 4.69) is 27.9 Å². The Balaban J connectivity index is 2.58. The molecule has 1 aromatic rings. The molecule has 0 aromatic heterocycles. The second kappa shape index (κ2) is 7.23. The molecule has 0 saturated carbocycles. The summed E-state index contributed by atoms with van der Waals surface area (Å²) in [7, 11) is 0. The molecule has 3 nitrogen and oxygen atoms in total. The first-order valence-corrected chi connectivity index (χ1v) is 7.83. The minimum Gasteiger partial charge on any atom is -0.325 e. The van der Waals surface area contributed by atoms with Gasteiger partial charge in [0.25, 0.3) is 0 Å². The molecule has 0 aliphatic rings. The summed E-state index contributed by atoms with van der Waals surface area (Å²) < 4.78 is 1.14. The van der Waals surface area contributed by atoms with Gasteiger partial charge < -0.3 is 11.1 Å². The molecule has 0 saturated heterocycles. The van der Waals surface area contributed by atoms with Crippen LogP contribution in [0, 0.1) is 10.5 Å². The molecule has 1 amide bonds. The van der Waals surface area contributed by atoms with Crippen LogP contribution in [0.1, 0.15) is 12.0 Å². The maximum atomic E-state index is 11.8. The Morgan fingerprint density at radius 1 is 1.59 bits per heavy atom. The molecule has 1 rings (SSSR count). The molecule has 0 unspecified atom stereocenters. The Morgan fingerprint density at radius 2 is 2.29 bits per heavy atom. The fourth-order valence-electron chi connectivity index (χ4n) is 1.28. The third kappa shape index (κ3) is 4.85. The quantitative estimate of drug-likeness (QED) is 0.790. The Labute approximate surface area is 120 Å². The van der Waals surface area contributed by atoms with Gasteiger partial charge in [-0.05, 0) is 65.6 Å². The lowest BCUT2D eigenvalue weighted by atomic mass is 10.2. The van der Waals surface area contributed by atoms with Gasteiger partial charge in [0.15, 0.2) is 0 Å². The van der Waals surface area contributed by atoms with Crippen LogP contribution in [0.4, 0.5) is 5.69 Å². The van der Waals surface area contributed by atoms with E-state index in [0.717, 1.165) is 15.0 Å². The molecule has 0 radical (unpaired) electrons. The van der Waals surface area contributed by atoms with E-state index in [0.29, 0.717) is 6.42 Å². The summed E-state index contributed by atoms with van der Waals surface area (Å²) in [5, 5.41) is 2.84. The van der Waals surface area contributed by atoms with Crippen molar-refractivity contribution in [1.29, 1.82) is 0 Å². The number of nitrogens with two attached hydrogens (primary N) is 1. The first kappa shape index (κ1) is 14.8. The summed E-state index contributed by atoms with van der Waals surface area (Å²) in [4.78, 5) is 11.8. The van der Waals surface area contributed by atoms with Crippen LogP contribution in [0.3, 0.4) is 0 Å². The van der Waals surface area contributed by atoms with Gasteiger partial charge in [0.05, 0.1) is 6.04 Å². The lowest BCUT2D eigenvalue weighted by Crippen LogP contribution is -2.36. The second-order valence-corrected chi connectivity index (χ2v) is 5.99. The number of hydrogen-bond acceptors (Lipinski definition) is 3. The summed E-state index contributed by atoms with van der Waals surface area (Å²) in [6, 6.07) is 5.41. The zero-order valence-corrected chi connectivity index (χ0v) is 13.0. The molecule has 1 atom stereocenters. The lowest BCUT2D eigenvalue weighted by Gasteiger charge is -2.12. The number of amides is 1. The largest absolute Gasteiger partial charge is 0.325 e. The van der Waals surface area contributed by atoms with Crippen molar-refractivity contribution in [3.63, 3.8) is 0 Å². The van der Waals surface area contributed by atoms with Gasteiger partial charge in [0.1, 0.15) is 0 Å². The molecular weight excluding hydrogens is 347 g/mol. The normalized spacial score (nSPS) is 12.2. The first-order valence-electron chi connectivity index (χ1n) is 5.36. The topological polar surface area (TPSA) is 55.1 Å². The lowest BCUT2D eigenvalue weighted by molar-refractivity contribution is -0.117. The summed E-state index contributed by atoms with van der Waals surface area (Å²) in [6.07, 6.45) is 2.71. The number of carbonyl (C=O) groups is 1. The van der Waals surface area contributed by atoms with Crippen molar-refractivity contribution in [2.24, 2.45) is 5.73 Å². The van der Waals surface area contributed by atoms with E-state index in [1.54, 1.807) is 11.8 Å². The van der Waals surface area contributed by atoms with E-state index in [1.165, 1.54) is 5.56 Å². The summed E-state index contributed by atoms with van der Waals surface area (Å²) in [5.41, 5.74) is 7.81. The number of rotatable bonds is 5. The molecular formula is C12H17IN2OS. The highest BCUT2D eigenvalue weighted by Gasteiger charge is 2.13. The third-order valence-corrected chi connectivity index (χ3v) is 4.22. The predicted octanol–water partition coefficient (Wildman–Crippen LogP) is 2.62. The van der Waals surface area contributed by atoms with E-state index in [-0.39, 0.29) is 5.91 Å². The van der Waals surface area contributed by atoms with Crippen molar-refractivity contribution in [2.75, 3.05) is 17.3 Å². The van der Waals surface area contributed by atoms with E-state index in [4.69, 9.17) is 5.73 Å². The minimum absolute atomic E-state index is 0.112. The molecule has 0 aliphatic carbocycles. The Kier molecular flexibility index (Phi) is 6.29. The number of hydrogen-bond donors (Lipinski definition) is 2. The maximum absolute atomic E-state index is 11.8. The van der Waals surface area contributed by atoms with Crippen molar-refractivity contribution in [3.05, 3.63) is 27.3 Å². The van der Waals surface area contributed by atoms with Crippen molar-refractivity contribution in [1.82, 2.24) is 0 Å². The zero-order chi connectivity index (χ0) is 12.8. The highest BCUT2D eigenvalue weighted by atomic mass is 127. The van der Waals surface area contributed by atoms with Crippen molar-refractivity contribution in [3.8, 4) is 0 Å². The van der Waals surface area contributed by atoms with Gasteiger partial charge in [-0.25, -0.2) is 0 Å². The number of aryl methyl sites for hydroxylation is 1. The van der Waals surface area contributed by atoms with Gasteiger partial charge in [-0.15, -0.1) is 0 Å². The second-order valence-electron chi connectivity index (χ2n) is 3.84. The van der Waals surface area contributed by atoms with Gasteiger partial charge in [-0.3, -0.25) is 4.79 Å². The Bertz CT molecular complexity index is 398. The van der Waals surface area contributed by atoms with E-state index in [9.17, 15) is 4.79 Å². The Morgan fingerprint density at radius 3 is 2.88 bits per heavy atom. The number of nitrogens with one attached hydrogen (secondary N) is 1. The van der Waals surface area contributed by atoms with Crippen LogP contribution in [0.5, 0.6) is 0 Å². The molecule has 17 heavy (non-hydrogen) atoms. The monoisotopic (exact) mass is 364 g/mol. The number of carbonyl (C=O) groups excluding carboxylic acids is 1. The van der Waals surface area contributed by atoms with E-state index in [1.807, 2.05) is 31.4 Å². The predicted molar refractivity (Wildman–Crippen MR) is 83.5 cm³/mol. The molecule has 0 bridgehead atoms. The highest BCUT2D eigenvalue weighted by molar-refractivity contribution is 14.1. The van der Waals surface area contributed by atoms with Crippen molar-refractivity contribution >= 4 is 45.9 Å². The average molecular weight is 364 g/mol. The summed E-state index contributed by atoms with van der Waals surface area (Å²) in [6.45, 7) is 2.04. The van der Waals surface area contributed by atoms with Gasteiger partial charge in [0.2, 0.25) is 5.91 Å². The summed E-state index contributed by atoms with van der Waals surface area (Å²) in [5.74, 6) is 0.790. The van der Waals surface area contributed by atoms with Gasteiger partial charge in [-0.2, -0.15) is 11.8 Å². The third-order valence-electron chi connectivity index (χ3n) is 2.41. The highest BCUT2D eigenvalue weighted by Crippen LogP contribution is 2.17. The van der Waals surface area contributed by atoms with E-state index >= 15 is 0 Å². The molecule has 1 aromatic carbocycles. The van der Waals surface area contributed by atoms with Gasteiger partial charge >= 0.3 is 0 Å². The fraction of sp³-hybridized carbons (Fsp3) is 0.417. The molecule has 5 heteroatoms. The standard InChI is InChI=1S/C12H17IN2OS/c1-8-3-4-9(7-10(8)13)15-12(16)11(14)5-6-17-2/h3-4,7,11H,5-6,14H2,1-2H3,(H,15,16)/t11-/m1/s1. The van der Waals surface area contributed by atoms with Gasteiger partial charge in [-0.1, -0.05) is 6.07 Å². The number of halogens is 1. The van der Waals surface area contributed by atoms with Crippen LogP contribution in [0.2, 0.25) is 0 Å². The SMILES string of the molecule is CSCC[C@@H](N)C(=O)Nc1ccc(C)c(I)c1. The zero-order valence-electron chi connectivity index (χ0n) is 10.00.